The second kappa shape index (κ2) is 19.2. The molecule has 2 fully saturated rings. The number of piperazine rings is 2. The van der Waals surface area contributed by atoms with Gasteiger partial charge in [0.2, 0.25) is 0 Å². The Morgan fingerprint density at radius 2 is 0.847 bits per heavy atom. The number of carbonyl (C=O) groups is 3. The first-order valence-electron chi connectivity index (χ1n) is 19.9. The number of methoxy groups -OCH3 is 1. The molecule has 4 aromatic carbocycles. The number of aromatic nitrogens is 4. The van der Waals surface area contributed by atoms with Crippen molar-refractivity contribution in [2.75, 3.05) is 69.3 Å². The molecule has 2 amide bonds. The van der Waals surface area contributed by atoms with E-state index in [4.69, 9.17) is 9.53 Å². The van der Waals surface area contributed by atoms with Crippen molar-refractivity contribution in [1.29, 1.82) is 0 Å². The van der Waals surface area contributed by atoms with E-state index in [2.05, 4.69) is 63.3 Å². The lowest BCUT2D eigenvalue weighted by Crippen LogP contribution is -2.49. The zero-order valence-corrected chi connectivity index (χ0v) is 35.0. The lowest BCUT2D eigenvalue weighted by atomic mass is 10.2. The quantitative estimate of drug-likeness (QED) is 0.170. The first-order chi connectivity index (χ1) is 28.6. The molecule has 0 radical (unpaired) electrons. The smallest absolute Gasteiger partial charge is 0.272 e. The second-order valence-electron chi connectivity index (χ2n) is 14.9. The third kappa shape index (κ3) is 10.1. The van der Waals surface area contributed by atoms with Crippen LogP contribution in [0.2, 0.25) is 0 Å². The molecule has 59 heavy (non-hydrogen) atoms. The summed E-state index contributed by atoms with van der Waals surface area (Å²) in [6.07, 6.45) is 0. The van der Waals surface area contributed by atoms with Crippen LogP contribution < -0.4 is 14.5 Å². The van der Waals surface area contributed by atoms with Gasteiger partial charge in [0, 0.05) is 69.8 Å². The van der Waals surface area contributed by atoms with Crippen molar-refractivity contribution in [2.24, 2.45) is 0 Å². The van der Waals surface area contributed by atoms with E-state index in [0.717, 1.165) is 71.5 Å². The van der Waals surface area contributed by atoms with Crippen molar-refractivity contribution < 1.29 is 19.1 Å². The van der Waals surface area contributed by atoms with Crippen molar-refractivity contribution >= 4 is 30.0 Å². The highest BCUT2D eigenvalue weighted by Crippen LogP contribution is 2.24. The van der Waals surface area contributed by atoms with Crippen LogP contribution in [0.5, 0.6) is 5.75 Å². The number of anilines is 2. The fourth-order valence-electron chi connectivity index (χ4n) is 7.51. The number of ether oxygens (including phenoxy) is 1. The molecule has 0 bridgehead atoms. The predicted octanol–water partition coefficient (Wildman–Crippen LogP) is 7.04. The molecule has 2 saturated heterocycles. The molecule has 0 aliphatic carbocycles. The average molecular weight is 795 g/mol. The number of hydrogen-bond donors (Lipinski definition) is 0. The highest BCUT2D eigenvalue weighted by atomic mass is 16.5. The molecule has 0 unspecified atom stereocenters. The summed E-state index contributed by atoms with van der Waals surface area (Å²) < 4.78 is 8.87. The van der Waals surface area contributed by atoms with E-state index in [9.17, 15) is 9.59 Å². The first kappa shape index (κ1) is 41.9. The van der Waals surface area contributed by atoms with E-state index >= 15 is 0 Å². The standard InChI is InChI=1S/C23H26N4O2.C23H26N4O.CH2O/c1-17-6-4-8-20(14-17)27-22(15-18(2)24-27)23(28)26-12-10-25(11-13-26)19-7-5-9-21(16-19)29-3;1-17-6-4-8-20(14-17)25-10-12-26(13-11-25)23(28)22-16-19(3)24-27(22)21-9-5-7-18(2)15-21;1-2/h4-9,14-16H,10-13H2,1-3H3;4-9,14-16H,10-13H2,1-3H3;1H2. The van der Waals surface area contributed by atoms with Crippen molar-refractivity contribution in [3.8, 4) is 17.1 Å². The zero-order chi connectivity index (χ0) is 42.1. The molecular weight excluding hydrogens is 741 g/mol. The van der Waals surface area contributed by atoms with Crippen molar-refractivity contribution in [2.45, 2.75) is 34.6 Å². The van der Waals surface area contributed by atoms with Gasteiger partial charge in [-0.2, -0.15) is 10.2 Å². The van der Waals surface area contributed by atoms with Crippen LogP contribution in [0, 0.1) is 34.6 Å². The maximum atomic E-state index is 13.3. The second-order valence-corrected chi connectivity index (χ2v) is 14.9. The summed E-state index contributed by atoms with van der Waals surface area (Å²) in [7, 11) is 1.68. The van der Waals surface area contributed by atoms with Crippen LogP contribution in [0.1, 0.15) is 49.1 Å². The van der Waals surface area contributed by atoms with Crippen LogP contribution >= 0.6 is 0 Å². The monoisotopic (exact) mass is 794 g/mol. The van der Waals surface area contributed by atoms with Gasteiger partial charge in [-0.05, 0) is 112 Å². The van der Waals surface area contributed by atoms with Crippen molar-refractivity contribution in [3.63, 3.8) is 0 Å². The van der Waals surface area contributed by atoms with Gasteiger partial charge in [0.15, 0.2) is 0 Å². The molecule has 8 rings (SSSR count). The Morgan fingerprint density at radius 1 is 0.492 bits per heavy atom. The molecule has 2 aromatic heterocycles. The maximum absolute atomic E-state index is 13.3. The third-order valence-electron chi connectivity index (χ3n) is 10.5. The Labute approximate surface area is 347 Å². The Bertz CT molecular complexity index is 2370. The lowest BCUT2D eigenvalue weighted by molar-refractivity contribution is -0.0980. The number of hydrogen-bond acceptors (Lipinski definition) is 8. The highest BCUT2D eigenvalue weighted by molar-refractivity contribution is 5.94. The van der Waals surface area contributed by atoms with Gasteiger partial charge in [-0.25, -0.2) is 9.36 Å². The molecule has 12 nitrogen and oxygen atoms in total. The van der Waals surface area contributed by atoms with E-state index in [1.807, 2.05) is 117 Å². The summed E-state index contributed by atoms with van der Waals surface area (Å²) in [5, 5.41) is 9.13. The van der Waals surface area contributed by atoms with Crippen molar-refractivity contribution in [1.82, 2.24) is 29.4 Å². The fraction of sp³-hybridized carbons (Fsp3) is 0.298. The Hall–Kier alpha value is -6.69. The number of rotatable bonds is 7. The normalized spacial score (nSPS) is 13.9. The first-order valence-corrected chi connectivity index (χ1v) is 19.9. The van der Waals surface area contributed by atoms with Crippen molar-refractivity contribution in [3.05, 3.63) is 149 Å². The Kier molecular flexibility index (Phi) is 13.6. The Balaban J connectivity index is 0.000000191. The summed E-state index contributed by atoms with van der Waals surface area (Å²) >= 11 is 0. The third-order valence-corrected chi connectivity index (χ3v) is 10.5. The Morgan fingerprint density at radius 3 is 1.24 bits per heavy atom. The lowest BCUT2D eigenvalue weighted by Gasteiger charge is -2.36. The van der Waals surface area contributed by atoms with Crippen LogP contribution in [-0.2, 0) is 4.79 Å². The van der Waals surface area contributed by atoms with E-state index < -0.39 is 0 Å². The number of nitrogens with zero attached hydrogens (tertiary/aromatic N) is 8. The minimum atomic E-state index is 0.0254. The number of benzene rings is 4. The van der Waals surface area contributed by atoms with Gasteiger partial charge in [-0.1, -0.05) is 42.5 Å². The summed E-state index contributed by atoms with van der Waals surface area (Å²) in [6, 6.07) is 36.5. The van der Waals surface area contributed by atoms with Crippen LogP contribution in [0.3, 0.4) is 0 Å². The van der Waals surface area contributed by atoms with Crippen LogP contribution in [0.25, 0.3) is 11.4 Å². The van der Waals surface area contributed by atoms with Gasteiger partial charge in [0.05, 0.1) is 29.9 Å². The van der Waals surface area contributed by atoms with Crippen LogP contribution in [-0.4, -0.2) is 107 Å². The van der Waals surface area contributed by atoms with E-state index in [1.165, 1.54) is 11.3 Å². The summed E-state index contributed by atoms with van der Waals surface area (Å²) in [4.78, 5) is 43.0. The number of amides is 2. The molecular formula is C47H54N8O4. The summed E-state index contributed by atoms with van der Waals surface area (Å²) in [6.45, 7) is 18.1. The van der Waals surface area contributed by atoms with Gasteiger partial charge in [0.25, 0.3) is 11.8 Å². The molecule has 6 aromatic rings. The van der Waals surface area contributed by atoms with Gasteiger partial charge >= 0.3 is 0 Å². The zero-order valence-electron chi connectivity index (χ0n) is 35.0. The van der Waals surface area contributed by atoms with E-state index in [0.29, 0.717) is 37.6 Å². The van der Waals surface area contributed by atoms with Gasteiger partial charge in [-0.15, -0.1) is 0 Å². The van der Waals surface area contributed by atoms with Gasteiger partial charge in [-0.3, -0.25) is 9.59 Å². The predicted molar refractivity (Wildman–Crippen MR) is 234 cm³/mol. The van der Waals surface area contributed by atoms with E-state index in [1.54, 1.807) is 16.5 Å². The van der Waals surface area contributed by atoms with Gasteiger partial charge in [0.1, 0.15) is 23.9 Å². The molecule has 2 aliphatic rings. The summed E-state index contributed by atoms with van der Waals surface area (Å²) in [5.41, 5.74) is 10.7. The summed E-state index contributed by atoms with van der Waals surface area (Å²) in [5.74, 6) is 0.918. The molecule has 306 valence electrons. The highest BCUT2D eigenvalue weighted by Gasteiger charge is 2.27. The molecule has 0 saturated carbocycles. The number of aryl methyl sites for hydroxylation is 5. The SMILES string of the molecule is C=O.COc1cccc(N2CCN(C(=O)c3cc(C)nn3-c3cccc(C)c3)CC2)c1.Cc1cccc(N2CCN(C(=O)c3cc(C)nn3-c3cccc(C)c3)CC2)c1. The average Bonchev–Trinajstić information content (AvgIpc) is 3.86. The largest absolute Gasteiger partial charge is 0.497 e. The topological polar surface area (TPSA) is 109 Å². The fourth-order valence-corrected chi connectivity index (χ4v) is 7.51. The molecule has 12 heteroatoms. The van der Waals surface area contributed by atoms with E-state index in [-0.39, 0.29) is 11.8 Å². The molecule has 4 heterocycles. The van der Waals surface area contributed by atoms with Crippen LogP contribution in [0.15, 0.2) is 109 Å². The molecule has 0 spiro atoms. The maximum Gasteiger partial charge on any atom is 0.272 e. The minimum absolute atomic E-state index is 0.0254. The van der Waals surface area contributed by atoms with Crippen LogP contribution in [0.4, 0.5) is 11.4 Å². The number of carbonyl (C=O) groups excluding carboxylic acids is 3. The van der Waals surface area contributed by atoms with Gasteiger partial charge < -0.3 is 29.1 Å². The molecule has 0 atom stereocenters. The molecule has 2 aliphatic heterocycles. The molecule has 0 N–H and O–H groups in total. The minimum Gasteiger partial charge on any atom is -0.497 e.